The molecule has 75 heavy (non-hydrogen) atoms. The third kappa shape index (κ3) is 16.3. The van der Waals surface area contributed by atoms with Crippen molar-refractivity contribution in [1.82, 2.24) is 37.3 Å². The van der Waals surface area contributed by atoms with E-state index in [1.165, 1.54) is 17.5 Å². The van der Waals surface area contributed by atoms with E-state index in [1.54, 1.807) is 64.5 Å². The quantitative estimate of drug-likeness (QED) is 0.0548. The van der Waals surface area contributed by atoms with Crippen LogP contribution in [0.1, 0.15) is 49.2 Å². The van der Waals surface area contributed by atoms with Gasteiger partial charge in [0.25, 0.3) is 0 Å². The largest absolute Gasteiger partial charge is 0.385 e. The molecule has 0 aliphatic heterocycles. The molecule has 0 radical (unpaired) electrons. The lowest BCUT2D eigenvalue weighted by Crippen LogP contribution is -1.99. The Morgan fingerprint density at radius 3 is 1.56 bits per heavy atom. The summed E-state index contributed by atoms with van der Waals surface area (Å²) < 4.78 is 61.8. The van der Waals surface area contributed by atoms with Crippen LogP contribution in [0, 0.1) is 18.2 Å². The fraction of sp³-hybridized carbons (Fsp3) is 0.345. The number of rotatable bonds is 20. The number of ether oxygens (including phenoxy) is 5. The highest BCUT2D eigenvalue weighted by molar-refractivity contribution is 6.33. The van der Waals surface area contributed by atoms with Gasteiger partial charge < -0.3 is 46.0 Å². The molecule has 0 amide bonds. The Balaban J connectivity index is 0.000000152. The second-order valence-electron chi connectivity index (χ2n) is 17.3. The van der Waals surface area contributed by atoms with E-state index in [-0.39, 0.29) is 11.6 Å². The van der Waals surface area contributed by atoms with Gasteiger partial charge in [-0.15, -0.1) is 0 Å². The zero-order valence-corrected chi connectivity index (χ0v) is 44.3. The van der Waals surface area contributed by atoms with E-state index in [1.807, 2.05) is 113 Å². The van der Waals surface area contributed by atoms with Gasteiger partial charge in [-0.3, -0.25) is 0 Å². The maximum Gasteiger partial charge on any atom is 0.212 e. The van der Waals surface area contributed by atoms with E-state index < -0.39 is 0 Å². The van der Waals surface area contributed by atoms with Crippen LogP contribution >= 0.6 is 11.6 Å². The molecule has 0 spiro atoms. The molecule has 17 heteroatoms. The average Bonchev–Trinajstić information content (AvgIpc) is 4.29. The molecule has 2 aromatic carbocycles. The molecule has 0 saturated heterocycles. The molecule has 0 N–H and O–H groups in total. The third-order valence-electron chi connectivity index (χ3n) is 12.1. The van der Waals surface area contributed by atoms with Crippen LogP contribution in [0.25, 0.3) is 43.6 Å². The zero-order valence-electron chi connectivity index (χ0n) is 43.6. The van der Waals surface area contributed by atoms with Gasteiger partial charge in [-0.05, 0) is 106 Å². The summed E-state index contributed by atoms with van der Waals surface area (Å²) in [6.45, 7) is 12.6. The van der Waals surface area contributed by atoms with Gasteiger partial charge in [0.1, 0.15) is 11.5 Å². The number of pyridine rings is 3. The van der Waals surface area contributed by atoms with E-state index in [0.717, 1.165) is 123 Å². The van der Waals surface area contributed by atoms with Gasteiger partial charge in [0.2, 0.25) is 5.69 Å². The fourth-order valence-electron chi connectivity index (χ4n) is 8.43. The van der Waals surface area contributed by atoms with Crippen LogP contribution in [0.3, 0.4) is 0 Å². The van der Waals surface area contributed by atoms with Crippen molar-refractivity contribution in [2.75, 3.05) is 68.6 Å². The molecule has 0 bridgehead atoms. The normalized spacial score (nSPS) is 10.9. The van der Waals surface area contributed by atoms with Crippen molar-refractivity contribution in [3.05, 3.63) is 186 Å². The Bertz CT molecular complexity index is 3210. The molecule has 0 aliphatic carbocycles. The topological polar surface area (TPSA) is 112 Å². The highest BCUT2D eigenvalue weighted by Crippen LogP contribution is 2.28. The second kappa shape index (κ2) is 31.0. The Kier molecular flexibility index (Phi) is 23.7. The first-order valence-electron chi connectivity index (χ1n) is 25.0. The molecule has 8 heterocycles. The Hall–Kier alpha value is -6.97. The Morgan fingerprint density at radius 2 is 0.960 bits per heavy atom. The highest BCUT2D eigenvalue weighted by atomic mass is 35.5. The number of methoxy groups -OCH3 is 5. The van der Waals surface area contributed by atoms with Crippen molar-refractivity contribution in [2.24, 2.45) is 0 Å². The van der Waals surface area contributed by atoms with Crippen molar-refractivity contribution >= 4 is 56.0 Å². The van der Waals surface area contributed by atoms with Crippen LogP contribution < -0.4 is 0 Å². The summed E-state index contributed by atoms with van der Waals surface area (Å²) in [5.74, 6) is -0.432. The van der Waals surface area contributed by atoms with Crippen molar-refractivity contribution in [1.29, 1.82) is 0 Å². The fourth-order valence-corrected chi connectivity index (χ4v) is 8.65. The van der Waals surface area contributed by atoms with Crippen LogP contribution in [-0.4, -0.2) is 106 Å². The molecule has 8 aromatic heterocycles. The number of imidazole rings is 3. The lowest BCUT2D eigenvalue weighted by molar-refractivity contribution is 0.190. The first-order chi connectivity index (χ1) is 36.8. The smallest absolute Gasteiger partial charge is 0.212 e. The van der Waals surface area contributed by atoms with E-state index in [9.17, 15) is 8.78 Å². The minimum atomic E-state index is -0.282. The molecule has 396 valence electrons. The van der Waals surface area contributed by atoms with Crippen LogP contribution in [0.4, 0.5) is 14.5 Å². The first kappa shape index (κ1) is 57.3. The second-order valence-corrected chi connectivity index (χ2v) is 17.7. The average molecular weight is 1040 g/mol. The van der Waals surface area contributed by atoms with Gasteiger partial charge in [-0.2, -0.15) is 0 Å². The van der Waals surface area contributed by atoms with Crippen molar-refractivity contribution in [3.63, 3.8) is 0 Å². The molecular weight excluding hydrogens is 976 g/mol. The van der Waals surface area contributed by atoms with E-state index in [0.29, 0.717) is 29.3 Å². The molecule has 10 rings (SSSR count). The monoisotopic (exact) mass is 1040 g/mol. The predicted octanol–water partition coefficient (Wildman–Crippen LogP) is 12.6. The summed E-state index contributed by atoms with van der Waals surface area (Å²) in [6, 6.07) is 28.5. The van der Waals surface area contributed by atoms with Crippen molar-refractivity contribution in [2.45, 2.75) is 64.5 Å². The Morgan fingerprint density at radius 1 is 0.493 bits per heavy atom. The number of aryl methyl sites for hydroxylation is 5. The Labute approximate surface area is 442 Å². The SMILES string of the molecule is COCCCc1cnc2c(Cl)cccn12.COCCCc1cnc2c(F)cccn12.COCCCc1cnc2ccccn12.COCCCn1cc(F)c2ccccc21.[C-]#[N+]c1cn(CCCOC)c2ccccc12. The van der Waals surface area contributed by atoms with Crippen LogP contribution in [0.15, 0.2) is 141 Å². The number of halogens is 3. The number of aromatic nitrogens is 8. The van der Waals surface area contributed by atoms with Gasteiger partial charge in [0, 0.05) is 165 Å². The van der Waals surface area contributed by atoms with Crippen molar-refractivity contribution in [3.8, 4) is 0 Å². The summed E-state index contributed by atoms with van der Waals surface area (Å²) in [6.07, 6.45) is 22.5. The summed E-state index contributed by atoms with van der Waals surface area (Å²) in [4.78, 5) is 16.2. The molecular formula is C58H68ClF2N9O5. The molecule has 0 unspecified atom stereocenters. The van der Waals surface area contributed by atoms with Crippen molar-refractivity contribution < 1.29 is 32.5 Å². The maximum absolute atomic E-state index is 13.5. The molecule has 0 atom stereocenters. The maximum atomic E-state index is 13.5. The number of nitrogens with zero attached hydrogens (tertiary/aromatic N) is 9. The van der Waals surface area contributed by atoms with Crippen LogP contribution in [0.5, 0.6) is 0 Å². The lowest BCUT2D eigenvalue weighted by atomic mass is 10.2. The summed E-state index contributed by atoms with van der Waals surface area (Å²) in [7, 11) is 8.50. The van der Waals surface area contributed by atoms with E-state index in [4.69, 9.17) is 41.9 Å². The first-order valence-corrected chi connectivity index (χ1v) is 25.4. The predicted molar refractivity (Wildman–Crippen MR) is 294 cm³/mol. The van der Waals surface area contributed by atoms with Gasteiger partial charge in [0.05, 0.1) is 17.1 Å². The molecule has 14 nitrogen and oxygen atoms in total. The number of fused-ring (bicyclic) bond motifs is 5. The zero-order chi connectivity index (χ0) is 53.2. The van der Waals surface area contributed by atoms with Crippen LogP contribution in [-0.2, 0) is 56.0 Å². The standard InChI is InChI=1S/C13H14N2O.C12H14FNO.C11H13ClN2O.C11H13FN2O.C11H14N2O/c1-14-12-10-15(8-5-9-16-2)13-7-4-3-6-11(12)13;1-15-8-4-7-14-9-11(13)10-5-2-3-6-12(10)14;2*1-15-7-3-4-9-8-13-11-10(12)5-2-6-14(9)11;1-14-8-4-5-10-9-12-11-6-2-3-7-13(10)11/h3-4,6-7,10H,5,8-9H2,2H3;2-3,5-6,9H,4,7-8H2,1H3;2*2,5-6,8H,3-4,7H2,1H3;2-3,6-7,9H,4-5,8H2,1H3. The van der Waals surface area contributed by atoms with E-state index in [2.05, 4.69) is 34.8 Å². The number of para-hydroxylation sites is 2. The van der Waals surface area contributed by atoms with Gasteiger partial charge in [-0.25, -0.2) is 28.6 Å². The third-order valence-corrected chi connectivity index (χ3v) is 12.4. The molecule has 0 fully saturated rings. The summed E-state index contributed by atoms with van der Waals surface area (Å²) in [5.41, 5.74) is 8.48. The van der Waals surface area contributed by atoms with Gasteiger partial charge in [-0.1, -0.05) is 48.0 Å². The minimum absolute atomic E-state index is 0.150. The number of hydrogen-bond donors (Lipinski definition) is 0. The highest BCUT2D eigenvalue weighted by Gasteiger charge is 2.10. The molecule has 0 saturated carbocycles. The molecule has 0 aliphatic rings. The number of benzene rings is 2. The van der Waals surface area contributed by atoms with Gasteiger partial charge in [0.15, 0.2) is 17.1 Å². The minimum Gasteiger partial charge on any atom is -0.385 e. The number of hydrogen-bond acceptors (Lipinski definition) is 8. The lowest BCUT2D eigenvalue weighted by Gasteiger charge is -2.04. The molecule has 10 aromatic rings. The van der Waals surface area contributed by atoms with E-state index >= 15 is 0 Å². The summed E-state index contributed by atoms with van der Waals surface area (Å²) >= 11 is 6.02. The van der Waals surface area contributed by atoms with Crippen LogP contribution in [0.2, 0.25) is 5.02 Å². The summed E-state index contributed by atoms with van der Waals surface area (Å²) in [5, 5.41) is 2.42. The van der Waals surface area contributed by atoms with Gasteiger partial charge >= 0.3 is 0 Å².